The molecule has 2 atom stereocenters. The number of amides is 1. The Labute approximate surface area is 93.8 Å². The minimum atomic E-state index is -0.600. The molecule has 1 aromatic rings. The Morgan fingerprint density at radius 1 is 1.12 bits per heavy atom. The molecule has 4 heteroatoms. The van der Waals surface area contributed by atoms with Gasteiger partial charge >= 0.3 is 0 Å². The van der Waals surface area contributed by atoms with Crippen LogP contribution in [0.4, 0.5) is 0 Å². The molecule has 2 rings (SSSR count). The van der Waals surface area contributed by atoms with E-state index in [1.54, 1.807) is 38.4 Å². The molecule has 1 amide bonds. The van der Waals surface area contributed by atoms with Crippen LogP contribution in [0.1, 0.15) is 10.4 Å². The van der Waals surface area contributed by atoms with Crippen LogP contribution < -0.4 is 0 Å². The van der Waals surface area contributed by atoms with Gasteiger partial charge in [0.15, 0.2) is 18.0 Å². The van der Waals surface area contributed by atoms with Crippen molar-refractivity contribution in [1.82, 2.24) is 4.90 Å². The molecule has 0 aliphatic carbocycles. The Morgan fingerprint density at radius 3 is 2.31 bits per heavy atom. The van der Waals surface area contributed by atoms with Crippen molar-refractivity contribution < 1.29 is 14.3 Å². The van der Waals surface area contributed by atoms with Crippen LogP contribution >= 0.6 is 0 Å². The second-order valence-electron chi connectivity index (χ2n) is 3.94. The molecule has 1 aromatic carbocycles. The van der Waals surface area contributed by atoms with Gasteiger partial charge in [0.1, 0.15) is 0 Å². The number of ketones is 1. The fraction of sp³-hybridized carbons (Fsp3) is 0.333. The molecule has 1 fully saturated rings. The normalized spacial score (nSPS) is 22.6. The van der Waals surface area contributed by atoms with Gasteiger partial charge in [0.05, 0.1) is 0 Å². The Hall–Kier alpha value is -1.68. The number of ether oxygens (including phenoxy) is 1. The Bertz CT molecular complexity index is 414. The van der Waals surface area contributed by atoms with Crippen LogP contribution in [0.5, 0.6) is 0 Å². The molecule has 0 saturated carbocycles. The van der Waals surface area contributed by atoms with Crippen LogP contribution in [-0.2, 0) is 9.53 Å². The van der Waals surface area contributed by atoms with Gasteiger partial charge in [0.2, 0.25) is 0 Å². The van der Waals surface area contributed by atoms with Crippen LogP contribution in [-0.4, -0.2) is 42.9 Å². The first-order chi connectivity index (χ1) is 7.61. The molecule has 1 heterocycles. The molecule has 1 aliphatic rings. The summed E-state index contributed by atoms with van der Waals surface area (Å²) in [5.74, 6) is -0.282. The minimum absolute atomic E-state index is 0.124. The maximum absolute atomic E-state index is 11.8. The number of epoxide rings is 1. The van der Waals surface area contributed by atoms with Crippen LogP contribution in [0.15, 0.2) is 30.3 Å². The van der Waals surface area contributed by atoms with Crippen molar-refractivity contribution in [3.8, 4) is 0 Å². The van der Waals surface area contributed by atoms with Gasteiger partial charge < -0.3 is 9.64 Å². The molecule has 1 aliphatic heterocycles. The Kier molecular flexibility index (Phi) is 2.75. The molecule has 1 saturated heterocycles. The number of benzene rings is 1. The summed E-state index contributed by atoms with van der Waals surface area (Å²) < 4.78 is 5.12. The number of Topliss-reactive ketones (excluding diaryl/α,β-unsaturated/α-hetero) is 1. The zero-order valence-electron chi connectivity index (χ0n) is 9.21. The first-order valence-corrected chi connectivity index (χ1v) is 5.07. The topological polar surface area (TPSA) is 49.9 Å². The molecule has 4 nitrogen and oxygen atoms in total. The van der Waals surface area contributed by atoms with Gasteiger partial charge in [-0.2, -0.15) is 0 Å². The molecule has 0 N–H and O–H groups in total. The second kappa shape index (κ2) is 4.06. The highest BCUT2D eigenvalue weighted by atomic mass is 16.6. The lowest BCUT2D eigenvalue weighted by atomic mass is 10.1. The summed E-state index contributed by atoms with van der Waals surface area (Å²) in [5.41, 5.74) is 0.585. The van der Waals surface area contributed by atoms with Crippen molar-refractivity contribution in [2.45, 2.75) is 12.2 Å². The van der Waals surface area contributed by atoms with Crippen LogP contribution in [0, 0.1) is 0 Å². The summed E-state index contributed by atoms with van der Waals surface area (Å²) in [7, 11) is 3.29. The summed E-state index contributed by atoms with van der Waals surface area (Å²) in [4.78, 5) is 24.8. The molecule has 0 bridgehead atoms. The standard InChI is InChI=1S/C12H13NO3/c1-13(2)12(15)11-10(16-11)9(14)8-6-4-3-5-7-8/h3-7,10-11H,1-2H3/t10-,11-/m0/s1. The van der Waals surface area contributed by atoms with E-state index in [9.17, 15) is 9.59 Å². The monoisotopic (exact) mass is 219 g/mol. The number of hydrogen-bond donors (Lipinski definition) is 0. The molecule has 0 unspecified atom stereocenters. The third kappa shape index (κ3) is 1.97. The summed E-state index contributed by atoms with van der Waals surface area (Å²) in [5, 5.41) is 0. The fourth-order valence-electron chi connectivity index (χ4n) is 1.52. The van der Waals surface area contributed by atoms with Crippen LogP contribution in [0.3, 0.4) is 0 Å². The number of hydrogen-bond acceptors (Lipinski definition) is 3. The number of nitrogens with zero attached hydrogens (tertiary/aromatic N) is 1. The smallest absolute Gasteiger partial charge is 0.254 e. The van der Waals surface area contributed by atoms with Crippen molar-refractivity contribution in [2.75, 3.05) is 14.1 Å². The van der Waals surface area contributed by atoms with Gasteiger partial charge in [-0.3, -0.25) is 9.59 Å². The van der Waals surface area contributed by atoms with E-state index in [1.165, 1.54) is 4.90 Å². The highest BCUT2D eigenvalue weighted by Crippen LogP contribution is 2.27. The van der Waals surface area contributed by atoms with Gasteiger partial charge in [-0.25, -0.2) is 0 Å². The molecule has 0 aromatic heterocycles. The summed E-state index contributed by atoms with van der Waals surface area (Å²) >= 11 is 0. The lowest BCUT2D eigenvalue weighted by Crippen LogP contribution is -2.29. The molecular formula is C12H13NO3. The number of carbonyl (C=O) groups is 2. The van der Waals surface area contributed by atoms with E-state index in [0.717, 1.165) is 0 Å². The molecule has 16 heavy (non-hydrogen) atoms. The summed E-state index contributed by atoms with van der Waals surface area (Å²) in [6.45, 7) is 0. The van der Waals surface area contributed by atoms with Gasteiger partial charge in [-0.15, -0.1) is 0 Å². The first-order valence-electron chi connectivity index (χ1n) is 5.07. The van der Waals surface area contributed by atoms with Crippen molar-refractivity contribution in [2.24, 2.45) is 0 Å². The third-order valence-electron chi connectivity index (χ3n) is 2.49. The predicted molar refractivity (Wildman–Crippen MR) is 58.1 cm³/mol. The minimum Gasteiger partial charge on any atom is -0.350 e. The Balaban J connectivity index is 2.03. The maximum atomic E-state index is 11.8. The van der Waals surface area contributed by atoms with Crippen molar-refractivity contribution in [3.63, 3.8) is 0 Å². The van der Waals surface area contributed by atoms with Crippen molar-refractivity contribution in [3.05, 3.63) is 35.9 Å². The first kappa shape index (κ1) is 10.8. The fourth-order valence-corrected chi connectivity index (χ4v) is 1.52. The lowest BCUT2D eigenvalue weighted by molar-refractivity contribution is -0.129. The lowest BCUT2D eigenvalue weighted by Gasteiger charge is -2.06. The quantitative estimate of drug-likeness (QED) is 0.556. The third-order valence-corrected chi connectivity index (χ3v) is 2.49. The van der Waals surface area contributed by atoms with E-state index in [-0.39, 0.29) is 11.7 Å². The van der Waals surface area contributed by atoms with Gasteiger partial charge in [0.25, 0.3) is 5.91 Å². The zero-order valence-corrected chi connectivity index (χ0v) is 9.21. The Morgan fingerprint density at radius 2 is 1.75 bits per heavy atom. The van der Waals surface area contributed by atoms with E-state index < -0.39 is 12.2 Å². The molecular weight excluding hydrogens is 206 g/mol. The van der Waals surface area contributed by atoms with Crippen molar-refractivity contribution >= 4 is 11.7 Å². The average molecular weight is 219 g/mol. The van der Waals surface area contributed by atoms with Gasteiger partial charge in [-0.1, -0.05) is 30.3 Å². The summed E-state index contributed by atoms with van der Waals surface area (Å²) in [6, 6.07) is 8.87. The molecule has 0 radical (unpaired) electrons. The number of rotatable bonds is 3. The number of likely N-dealkylation sites (N-methyl/N-ethyl adjacent to an activating group) is 1. The van der Waals surface area contributed by atoms with E-state index in [1.807, 2.05) is 6.07 Å². The highest BCUT2D eigenvalue weighted by Gasteiger charge is 2.50. The highest BCUT2D eigenvalue weighted by molar-refractivity contribution is 6.05. The summed E-state index contributed by atoms with van der Waals surface area (Å²) in [6.07, 6.45) is -1.19. The SMILES string of the molecule is CN(C)C(=O)[C@H]1O[C@H]1C(=O)c1ccccc1. The van der Waals surface area contributed by atoms with E-state index in [0.29, 0.717) is 5.56 Å². The zero-order chi connectivity index (χ0) is 11.7. The number of carbonyl (C=O) groups excluding carboxylic acids is 2. The van der Waals surface area contributed by atoms with Crippen LogP contribution in [0.2, 0.25) is 0 Å². The van der Waals surface area contributed by atoms with E-state index >= 15 is 0 Å². The second-order valence-corrected chi connectivity index (χ2v) is 3.94. The van der Waals surface area contributed by atoms with E-state index in [2.05, 4.69) is 0 Å². The molecule has 0 spiro atoms. The van der Waals surface area contributed by atoms with Gasteiger partial charge in [0, 0.05) is 19.7 Å². The maximum Gasteiger partial charge on any atom is 0.254 e. The average Bonchev–Trinajstić information content (AvgIpc) is 3.08. The largest absolute Gasteiger partial charge is 0.350 e. The van der Waals surface area contributed by atoms with Crippen LogP contribution in [0.25, 0.3) is 0 Å². The van der Waals surface area contributed by atoms with E-state index in [4.69, 9.17) is 4.74 Å². The van der Waals surface area contributed by atoms with Crippen molar-refractivity contribution in [1.29, 1.82) is 0 Å². The predicted octanol–water partition coefficient (Wildman–Crippen LogP) is 0.725. The molecule has 84 valence electrons. The van der Waals surface area contributed by atoms with Gasteiger partial charge in [-0.05, 0) is 0 Å².